The maximum Gasteiger partial charge on any atom is 0.509 e. The van der Waals surface area contributed by atoms with Gasteiger partial charge in [-0.3, -0.25) is 0 Å². The fraction of sp³-hybridized carbons (Fsp3) is 0.250. The number of hydrogen-bond donors (Lipinski definition) is 0. The lowest BCUT2D eigenvalue weighted by Gasteiger charge is -2.21. The highest BCUT2D eigenvalue weighted by Gasteiger charge is 2.30. The Morgan fingerprint density at radius 2 is 1.94 bits per heavy atom. The summed E-state index contributed by atoms with van der Waals surface area (Å²) in [6, 6.07) is 2.53. The minimum Gasteiger partial charge on any atom is -0.491 e. The molecule has 88 valence electrons. The number of ether oxygens (including phenoxy) is 1. The lowest BCUT2D eigenvalue weighted by atomic mass is 9.80. The molecule has 0 unspecified atom stereocenters. The quantitative estimate of drug-likeness (QED) is 0.696. The van der Waals surface area contributed by atoms with Crippen LogP contribution in [-0.2, 0) is 9.84 Å². The first kappa shape index (κ1) is 11.3. The average molecular weight is 251 g/mol. The summed E-state index contributed by atoms with van der Waals surface area (Å²) in [5, 5.41) is 0. The van der Waals surface area contributed by atoms with Crippen molar-refractivity contribution in [2.24, 2.45) is 0 Å². The van der Waals surface area contributed by atoms with E-state index >= 15 is 0 Å². The van der Waals surface area contributed by atoms with Crippen LogP contribution in [0.1, 0.15) is 0 Å². The van der Waals surface area contributed by atoms with E-state index in [-0.39, 0.29) is 23.0 Å². The van der Waals surface area contributed by atoms with Crippen LogP contribution in [0.2, 0.25) is 0 Å². The number of rotatable bonds is 1. The Bertz CT molecular complexity index is 524. The van der Waals surface area contributed by atoms with Crippen molar-refractivity contribution in [2.45, 2.75) is 4.90 Å². The Balaban J connectivity index is 2.61. The summed E-state index contributed by atoms with van der Waals surface area (Å²) in [5.74, 6) is -0.288. The summed E-state index contributed by atoms with van der Waals surface area (Å²) >= 11 is 0. The van der Waals surface area contributed by atoms with Gasteiger partial charge in [-0.2, -0.15) is 0 Å². The second-order valence-corrected chi connectivity index (χ2v) is 5.53. The van der Waals surface area contributed by atoms with Gasteiger partial charge >= 0.3 is 6.98 Å². The van der Waals surface area contributed by atoms with Crippen molar-refractivity contribution in [1.82, 2.24) is 0 Å². The molecule has 1 aliphatic rings. The molecule has 16 heavy (non-hydrogen) atoms. The molecule has 3 nitrogen and oxygen atoms in total. The third-order valence-electron chi connectivity index (χ3n) is 2.29. The second-order valence-electron chi connectivity index (χ2n) is 3.45. The van der Waals surface area contributed by atoms with E-state index in [4.69, 9.17) is 4.74 Å². The molecule has 0 aliphatic carbocycles. The molecular weight excluding hydrogens is 244 g/mol. The topological polar surface area (TPSA) is 43.4 Å². The summed E-state index contributed by atoms with van der Waals surface area (Å²) in [6.45, 7) is -5.22. The highest BCUT2D eigenvalue weighted by atomic mass is 32.2. The third kappa shape index (κ3) is 1.89. The Morgan fingerprint density at radius 3 is 2.56 bits per heavy atom. The average Bonchev–Trinajstić information content (AvgIpc) is 2.15. The smallest absolute Gasteiger partial charge is 0.491 e. The normalized spacial score (nSPS) is 18.7. The number of fused-ring (bicyclic) bond motifs is 1. The van der Waals surface area contributed by atoms with E-state index < -0.39 is 22.3 Å². The molecule has 1 aromatic carbocycles. The van der Waals surface area contributed by atoms with Crippen LogP contribution in [0.25, 0.3) is 0 Å². The molecule has 0 amide bonds. The molecule has 1 aliphatic heterocycles. The number of sulfone groups is 1. The first-order valence-corrected chi connectivity index (χ1v) is 6.15. The van der Waals surface area contributed by atoms with E-state index in [1.54, 1.807) is 0 Å². The van der Waals surface area contributed by atoms with Crippen molar-refractivity contribution in [3.63, 3.8) is 0 Å². The van der Waals surface area contributed by atoms with E-state index in [1.807, 2.05) is 0 Å². The molecule has 0 bridgehead atoms. The Kier molecular flexibility index (Phi) is 2.41. The SMILES string of the molecule is O=S1(=O)CCOc2ccc([B-](F)(F)F)cc21. The van der Waals surface area contributed by atoms with Gasteiger partial charge in [0.1, 0.15) is 17.3 Å². The number of halogens is 3. The van der Waals surface area contributed by atoms with Crippen molar-refractivity contribution in [2.75, 3.05) is 12.4 Å². The van der Waals surface area contributed by atoms with E-state index in [0.717, 1.165) is 12.1 Å². The van der Waals surface area contributed by atoms with Crippen molar-refractivity contribution >= 4 is 22.3 Å². The molecule has 0 saturated carbocycles. The fourth-order valence-corrected chi connectivity index (χ4v) is 2.73. The Hall–Kier alpha value is -1.18. The monoisotopic (exact) mass is 251 g/mol. The largest absolute Gasteiger partial charge is 0.509 e. The number of benzene rings is 1. The lowest BCUT2D eigenvalue weighted by Crippen LogP contribution is -2.35. The minimum absolute atomic E-state index is 0.00458. The predicted molar refractivity (Wildman–Crippen MR) is 52.7 cm³/mol. The van der Waals surface area contributed by atoms with Crippen LogP contribution in [-0.4, -0.2) is 27.8 Å². The summed E-state index contributed by atoms with van der Waals surface area (Å²) in [6.07, 6.45) is 0. The first-order valence-electron chi connectivity index (χ1n) is 4.50. The lowest BCUT2D eigenvalue weighted by molar-refractivity contribution is 0.322. The summed E-state index contributed by atoms with van der Waals surface area (Å²) in [4.78, 5) is -0.365. The van der Waals surface area contributed by atoms with Gasteiger partial charge in [-0.25, -0.2) is 8.42 Å². The zero-order chi connectivity index (χ0) is 12.0. The van der Waals surface area contributed by atoms with Crippen molar-refractivity contribution in [3.05, 3.63) is 18.2 Å². The summed E-state index contributed by atoms with van der Waals surface area (Å²) < 4.78 is 65.3. The van der Waals surface area contributed by atoms with E-state index in [9.17, 15) is 21.4 Å². The summed E-state index contributed by atoms with van der Waals surface area (Å²) in [7, 11) is -3.64. The van der Waals surface area contributed by atoms with Crippen LogP contribution >= 0.6 is 0 Å². The van der Waals surface area contributed by atoms with Crippen molar-refractivity contribution < 1.29 is 26.1 Å². The van der Waals surface area contributed by atoms with Crippen LogP contribution in [0.5, 0.6) is 5.75 Å². The van der Waals surface area contributed by atoms with E-state index in [1.165, 1.54) is 0 Å². The molecule has 0 N–H and O–H groups in total. The second kappa shape index (κ2) is 3.41. The van der Waals surface area contributed by atoms with Gasteiger partial charge in [0.2, 0.25) is 0 Å². The molecule has 0 spiro atoms. The maximum atomic E-state index is 12.4. The van der Waals surface area contributed by atoms with Crippen LogP contribution in [0.4, 0.5) is 12.9 Å². The van der Waals surface area contributed by atoms with Crippen LogP contribution in [0, 0.1) is 0 Å². The van der Waals surface area contributed by atoms with Crippen LogP contribution in [0.15, 0.2) is 23.1 Å². The van der Waals surface area contributed by atoms with Gasteiger partial charge in [-0.15, -0.1) is 5.46 Å². The van der Waals surface area contributed by atoms with Crippen molar-refractivity contribution in [1.29, 1.82) is 0 Å². The Labute approximate surface area is 90.2 Å². The van der Waals surface area contributed by atoms with Crippen LogP contribution in [0.3, 0.4) is 0 Å². The van der Waals surface area contributed by atoms with Gasteiger partial charge in [-0.05, 0) is 6.07 Å². The molecule has 1 heterocycles. The van der Waals surface area contributed by atoms with Gasteiger partial charge in [0, 0.05) is 0 Å². The fourth-order valence-electron chi connectivity index (χ4n) is 1.46. The molecule has 1 aromatic rings. The highest BCUT2D eigenvalue weighted by molar-refractivity contribution is 7.91. The van der Waals surface area contributed by atoms with Gasteiger partial charge in [0.15, 0.2) is 9.84 Å². The van der Waals surface area contributed by atoms with Gasteiger partial charge < -0.3 is 17.7 Å². The molecule has 0 saturated heterocycles. The first-order chi connectivity index (χ1) is 7.31. The highest BCUT2D eigenvalue weighted by Crippen LogP contribution is 2.28. The van der Waals surface area contributed by atoms with Gasteiger partial charge in [-0.1, -0.05) is 12.1 Å². The van der Waals surface area contributed by atoms with Crippen molar-refractivity contribution in [3.8, 4) is 5.75 Å². The molecule has 0 aromatic heterocycles. The van der Waals surface area contributed by atoms with Gasteiger partial charge in [0.05, 0.1) is 5.75 Å². The minimum atomic E-state index is -5.19. The van der Waals surface area contributed by atoms with Crippen LogP contribution < -0.4 is 10.2 Å². The summed E-state index contributed by atoms with van der Waals surface area (Å²) in [5.41, 5.74) is -0.923. The molecule has 0 atom stereocenters. The Morgan fingerprint density at radius 1 is 1.25 bits per heavy atom. The van der Waals surface area contributed by atoms with E-state index in [2.05, 4.69) is 0 Å². The molecule has 2 rings (SSSR count). The standard InChI is InChI=1S/C8H7BF3O3S/c10-9(11,12)6-1-2-7-8(5-6)16(13,14)4-3-15-7/h1-2,5H,3-4H2/q-1. The zero-order valence-electron chi connectivity index (χ0n) is 7.99. The van der Waals surface area contributed by atoms with E-state index in [0.29, 0.717) is 6.07 Å². The third-order valence-corrected chi connectivity index (χ3v) is 3.98. The molecule has 0 radical (unpaired) electrons. The maximum absolute atomic E-state index is 12.4. The number of hydrogen-bond acceptors (Lipinski definition) is 3. The van der Waals surface area contributed by atoms with Gasteiger partial charge in [0.25, 0.3) is 0 Å². The zero-order valence-corrected chi connectivity index (χ0v) is 8.81. The molecule has 0 fully saturated rings. The predicted octanol–water partition coefficient (Wildman–Crippen LogP) is 0.907. The molecular formula is C8H7BF3O3S-. The molecule has 8 heteroatoms.